The number of nitrogens with one attached hydrogen (secondary N) is 1. The number of hydrogen-bond acceptors (Lipinski definition) is 6. The maximum Gasteiger partial charge on any atom is 0.255 e. The molecule has 1 fully saturated rings. The molecule has 3 aromatic rings. The molecule has 32 heavy (non-hydrogen) atoms. The molecule has 1 aromatic heterocycles. The van der Waals surface area contributed by atoms with Crippen LogP contribution in [-0.2, 0) is 16.1 Å². The summed E-state index contributed by atoms with van der Waals surface area (Å²) in [6, 6.07) is 11.3. The molecule has 2 aliphatic heterocycles. The van der Waals surface area contributed by atoms with E-state index in [2.05, 4.69) is 15.6 Å². The number of amides is 4. The highest BCUT2D eigenvalue weighted by atomic mass is 16.2. The third-order valence-corrected chi connectivity index (χ3v) is 5.76. The van der Waals surface area contributed by atoms with Crippen LogP contribution in [0.5, 0.6) is 0 Å². The summed E-state index contributed by atoms with van der Waals surface area (Å²) in [6.45, 7) is 0.235. The number of imide groups is 1. The molecule has 4 amide bonds. The van der Waals surface area contributed by atoms with E-state index in [0.717, 1.165) is 11.1 Å². The lowest BCUT2D eigenvalue weighted by Crippen LogP contribution is -2.52. The number of benzene rings is 2. The topological polar surface area (TPSA) is 140 Å². The standard InChI is InChI=1S/C22H18N6O4/c23-20(30)13-6-4-12(5-7-13)16-11-28(26-25-16)17-3-1-2-14-15(17)10-27(22(14)32)18-8-9-19(29)24-21(18)31/h1-7,11,18H,8-10H2,(H2,23,30)(H,24,29,31). The lowest BCUT2D eigenvalue weighted by Gasteiger charge is -2.29. The van der Waals surface area contributed by atoms with Gasteiger partial charge in [0.15, 0.2) is 0 Å². The van der Waals surface area contributed by atoms with Gasteiger partial charge in [0, 0.05) is 35.2 Å². The number of nitrogens with zero attached hydrogens (tertiary/aromatic N) is 4. The van der Waals surface area contributed by atoms with Crippen LogP contribution in [0.25, 0.3) is 16.9 Å². The van der Waals surface area contributed by atoms with Gasteiger partial charge in [0.25, 0.3) is 5.91 Å². The molecule has 3 heterocycles. The second-order valence-electron chi connectivity index (χ2n) is 7.69. The van der Waals surface area contributed by atoms with Crippen molar-refractivity contribution < 1.29 is 19.2 Å². The third-order valence-electron chi connectivity index (χ3n) is 5.76. The molecule has 2 aromatic carbocycles. The van der Waals surface area contributed by atoms with Crippen molar-refractivity contribution in [1.29, 1.82) is 0 Å². The van der Waals surface area contributed by atoms with Crippen molar-refractivity contribution in [3.05, 3.63) is 65.4 Å². The van der Waals surface area contributed by atoms with Gasteiger partial charge in [-0.15, -0.1) is 5.10 Å². The molecular weight excluding hydrogens is 412 g/mol. The van der Waals surface area contributed by atoms with Gasteiger partial charge in [0.1, 0.15) is 11.7 Å². The zero-order valence-electron chi connectivity index (χ0n) is 16.8. The third kappa shape index (κ3) is 3.22. The van der Waals surface area contributed by atoms with Gasteiger partial charge in [-0.3, -0.25) is 24.5 Å². The Balaban J connectivity index is 1.45. The van der Waals surface area contributed by atoms with E-state index in [4.69, 9.17) is 5.73 Å². The van der Waals surface area contributed by atoms with Crippen LogP contribution in [0.2, 0.25) is 0 Å². The lowest BCUT2D eigenvalue weighted by molar-refractivity contribution is -0.136. The predicted octanol–water partition coefficient (Wildman–Crippen LogP) is 0.794. The summed E-state index contributed by atoms with van der Waals surface area (Å²) in [7, 11) is 0. The van der Waals surface area contributed by atoms with E-state index in [1.54, 1.807) is 47.3 Å². The highest BCUT2D eigenvalue weighted by Gasteiger charge is 2.40. The molecule has 1 saturated heterocycles. The average molecular weight is 430 g/mol. The van der Waals surface area contributed by atoms with Gasteiger partial charge in [-0.05, 0) is 30.7 Å². The second-order valence-corrected chi connectivity index (χ2v) is 7.69. The molecule has 160 valence electrons. The Labute approximate surface area is 182 Å². The van der Waals surface area contributed by atoms with Crippen LogP contribution in [-0.4, -0.2) is 49.6 Å². The molecule has 0 bridgehead atoms. The first-order valence-electron chi connectivity index (χ1n) is 10.0. The minimum Gasteiger partial charge on any atom is -0.366 e. The summed E-state index contributed by atoms with van der Waals surface area (Å²) in [5.41, 5.74) is 8.94. The van der Waals surface area contributed by atoms with Crippen molar-refractivity contribution in [3.63, 3.8) is 0 Å². The number of carbonyl (C=O) groups is 4. The first kappa shape index (κ1) is 19.6. The van der Waals surface area contributed by atoms with E-state index >= 15 is 0 Å². The van der Waals surface area contributed by atoms with Gasteiger partial charge < -0.3 is 10.6 Å². The van der Waals surface area contributed by atoms with Gasteiger partial charge in [-0.1, -0.05) is 23.4 Å². The van der Waals surface area contributed by atoms with E-state index in [-0.39, 0.29) is 24.8 Å². The predicted molar refractivity (Wildman–Crippen MR) is 111 cm³/mol. The van der Waals surface area contributed by atoms with Gasteiger partial charge in [-0.25, -0.2) is 4.68 Å². The lowest BCUT2D eigenvalue weighted by atomic mass is 10.0. The Kier molecular flexibility index (Phi) is 4.54. The molecule has 1 atom stereocenters. The van der Waals surface area contributed by atoms with Crippen LogP contribution in [0.3, 0.4) is 0 Å². The van der Waals surface area contributed by atoms with Crippen LogP contribution in [0.1, 0.15) is 39.1 Å². The van der Waals surface area contributed by atoms with Crippen LogP contribution in [0.15, 0.2) is 48.7 Å². The first-order valence-corrected chi connectivity index (χ1v) is 10.0. The molecule has 10 nitrogen and oxygen atoms in total. The SMILES string of the molecule is NC(=O)c1ccc(-c2cn(-c3cccc4c3CN(C3CCC(=O)NC3=O)C4=O)nn2)cc1. The number of nitrogens with two attached hydrogens (primary N) is 1. The van der Waals surface area contributed by atoms with Crippen molar-refractivity contribution in [2.45, 2.75) is 25.4 Å². The summed E-state index contributed by atoms with van der Waals surface area (Å²) in [6.07, 6.45) is 2.23. The summed E-state index contributed by atoms with van der Waals surface area (Å²) in [5.74, 6) is -1.54. The van der Waals surface area contributed by atoms with Crippen molar-refractivity contribution in [3.8, 4) is 16.9 Å². The molecule has 0 radical (unpaired) electrons. The van der Waals surface area contributed by atoms with Crippen LogP contribution in [0, 0.1) is 0 Å². The Morgan fingerprint density at radius 2 is 1.88 bits per heavy atom. The van der Waals surface area contributed by atoms with Crippen molar-refractivity contribution in [1.82, 2.24) is 25.2 Å². The molecule has 5 rings (SSSR count). The van der Waals surface area contributed by atoms with Crippen molar-refractivity contribution in [2.24, 2.45) is 5.73 Å². The first-order chi connectivity index (χ1) is 15.4. The number of hydrogen-bond donors (Lipinski definition) is 2. The minimum absolute atomic E-state index is 0.199. The smallest absolute Gasteiger partial charge is 0.255 e. The molecule has 1 unspecified atom stereocenters. The Morgan fingerprint density at radius 1 is 1.09 bits per heavy atom. The Hall–Kier alpha value is -4.34. The van der Waals surface area contributed by atoms with E-state index in [0.29, 0.717) is 28.9 Å². The summed E-state index contributed by atoms with van der Waals surface area (Å²) in [4.78, 5) is 49.5. The minimum atomic E-state index is -0.685. The molecule has 0 aliphatic carbocycles. The number of carbonyl (C=O) groups excluding carboxylic acids is 4. The van der Waals surface area contributed by atoms with E-state index in [1.807, 2.05) is 6.07 Å². The number of piperidine rings is 1. The van der Waals surface area contributed by atoms with Crippen LogP contribution >= 0.6 is 0 Å². The van der Waals surface area contributed by atoms with Gasteiger partial charge in [0.2, 0.25) is 17.7 Å². The maximum atomic E-state index is 13.0. The van der Waals surface area contributed by atoms with Crippen LogP contribution < -0.4 is 11.1 Å². The fraction of sp³-hybridized carbons (Fsp3) is 0.182. The van der Waals surface area contributed by atoms with Crippen LogP contribution in [0.4, 0.5) is 0 Å². The fourth-order valence-corrected chi connectivity index (χ4v) is 4.10. The monoisotopic (exact) mass is 430 g/mol. The van der Waals surface area contributed by atoms with Gasteiger partial charge >= 0.3 is 0 Å². The molecule has 3 N–H and O–H groups in total. The number of aromatic nitrogens is 3. The highest BCUT2D eigenvalue weighted by Crippen LogP contribution is 2.31. The maximum absolute atomic E-state index is 13.0. The largest absolute Gasteiger partial charge is 0.366 e. The normalized spacial score (nSPS) is 17.9. The second kappa shape index (κ2) is 7.41. The fourth-order valence-electron chi connectivity index (χ4n) is 4.10. The van der Waals surface area contributed by atoms with Crippen molar-refractivity contribution in [2.75, 3.05) is 0 Å². The van der Waals surface area contributed by atoms with E-state index in [1.165, 1.54) is 4.90 Å². The van der Waals surface area contributed by atoms with E-state index < -0.39 is 17.9 Å². The summed E-state index contributed by atoms with van der Waals surface area (Å²) >= 11 is 0. The molecule has 2 aliphatic rings. The number of primary amides is 1. The molecule has 0 saturated carbocycles. The highest BCUT2D eigenvalue weighted by molar-refractivity contribution is 6.05. The Bertz CT molecular complexity index is 1280. The van der Waals surface area contributed by atoms with E-state index in [9.17, 15) is 19.2 Å². The number of rotatable bonds is 4. The van der Waals surface area contributed by atoms with Gasteiger partial charge in [-0.2, -0.15) is 0 Å². The quantitative estimate of drug-likeness (QED) is 0.587. The molecular formula is C22H18N6O4. The summed E-state index contributed by atoms with van der Waals surface area (Å²) in [5, 5.41) is 10.7. The zero-order chi connectivity index (χ0) is 22.4. The Morgan fingerprint density at radius 3 is 2.59 bits per heavy atom. The molecule has 10 heteroatoms. The summed E-state index contributed by atoms with van der Waals surface area (Å²) < 4.78 is 1.58. The number of fused-ring (bicyclic) bond motifs is 1. The average Bonchev–Trinajstić information content (AvgIpc) is 3.39. The van der Waals surface area contributed by atoms with Crippen molar-refractivity contribution >= 4 is 23.6 Å². The zero-order valence-corrected chi connectivity index (χ0v) is 16.8. The van der Waals surface area contributed by atoms with Gasteiger partial charge in [0.05, 0.1) is 11.9 Å². The molecule has 0 spiro atoms.